The van der Waals surface area contributed by atoms with Gasteiger partial charge >= 0.3 is 0 Å². The van der Waals surface area contributed by atoms with Crippen molar-refractivity contribution in [3.8, 4) is 0 Å². The van der Waals surface area contributed by atoms with E-state index in [1.807, 2.05) is 17.9 Å². The van der Waals surface area contributed by atoms with Gasteiger partial charge in [-0.15, -0.1) is 0 Å². The zero-order valence-corrected chi connectivity index (χ0v) is 7.32. The van der Waals surface area contributed by atoms with Gasteiger partial charge in [0.25, 0.3) is 0 Å². The molecule has 0 aromatic carbocycles. The van der Waals surface area contributed by atoms with Gasteiger partial charge in [-0.1, -0.05) is 0 Å². The number of aromatic nitrogens is 2. The van der Waals surface area contributed by atoms with Crippen LogP contribution in [0.1, 0.15) is 30.0 Å². The fraction of sp³-hybridized carbons (Fsp3) is 0.667. The van der Waals surface area contributed by atoms with E-state index < -0.39 is 0 Å². The summed E-state index contributed by atoms with van der Waals surface area (Å²) in [6.07, 6.45) is 5.34. The minimum Gasteiger partial charge on any atom is -0.396 e. The summed E-state index contributed by atoms with van der Waals surface area (Å²) in [6.45, 7) is 0.256. The second-order valence-corrected chi connectivity index (χ2v) is 3.45. The molecular weight excluding hydrogens is 152 g/mol. The Balaban J connectivity index is 2.41. The molecule has 1 N–H and O–H groups in total. The summed E-state index contributed by atoms with van der Waals surface area (Å²) in [5.41, 5.74) is 2.56. The SMILES string of the molecule is Cn1ncc2c1C(CO)CCC2. The molecule has 1 aromatic heterocycles. The minimum atomic E-state index is 0.256. The number of aryl methyl sites for hydroxylation is 2. The summed E-state index contributed by atoms with van der Waals surface area (Å²) < 4.78 is 1.90. The Labute approximate surface area is 72.0 Å². The van der Waals surface area contributed by atoms with Gasteiger partial charge in [-0.25, -0.2) is 0 Å². The highest BCUT2D eigenvalue weighted by molar-refractivity contribution is 5.24. The van der Waals surface area contributed by atoms with Crippen molar-refractivity contribution in [3.05, 3.63) is 17.5 Å². The molecule has 2 rings (SSSR count). The van der Waals surface area contributed by atoms with Crippen LogP contribution < -0.4 is 0 Å². The van der Waals surface area contributed by atoms with Gasteiger partial charge in [0, 0.05) is 18.7 Å². The molecule has 1 unspecified atom stereocenters. The van der Waals surface area contributed by atoms with Crippen molar-refractivity contribution in [2.45, 2.75) is 25.2 Å². The molecule has 0 amide bonds. The Morgan fingerprint density at radius 2 is 2.58 bits per heavy atom. The van der Waals surface area contributed by atoms with E-state index >= 15 is 0 Å². The van der Waals surface area contributed by atoms with Gasteiger partial charge in [-0.05, 0) is 24.8 Å². The monoisotopic (exact) mass is 166 g/mol. The van der Waals surface area contributed by atoms with Crippen LogP contribution in [0.3, 0.4) is 0 Å². The van der Waals surface area contributed by atoms with Gasteiger partial charge in [0.1, 0.15) is 0 Å². The molecule has 0 spiro atoms. The maximum atomic E-state index is 9.14. The smallest absolute Gasteiger partial charge is 0.0524 e. The molecule has 0 saturated carbocycles. The summed E-state index contributed by atoms with van der Waals surface area (Å²) >= 11 is 0. The van der Waals surface area contributed by atoms with Crippen LogP contribution in [0.15, 0.2) is 6.20 Å². The number of hydrogen-bond acceptors (Lipinski definition) is 2. The van der Waals surface area contributed by atoms with Gasteiger partial charge in [0.05, 0.1) is 12.8 Å². The lowest BCUT2D eigenvalue weighted by atomic mass is 9.88. The third kappa shape index (κ3) is 1.05. The molecule has 0 aliphatic heterocycles. The molecule has 1 heterocycles. The van der Waals surface area contributed by atoms with E-state index in [4.69, 9.17) is 5.11 Å². The van der Waals surface area contributed by atoms with Crippen LogP contribution in [-0.2, 0) is 13.5 Å². The predicted octanol–water partition coefficient (Wildman–Crippen LogP) is 0.832. The summed E-state index contributed by atoms with van der Waals surface area (Å²) in [5.74, 6) is 0.321. The lowest BCUT2D eigenvalue weighted by Gasteiger charge is -2.21. The van der Waals surface area contributed by atoms with E-state index in [-0.39, 0.29) is 6.61 Å². The van der Waals surface area contributed by atoms with Crippen LogP contribution in [-0.4, -0.2) is 21.5 Å². The van der Waals surface area contributed by atoms with Crippen LogP contribution in [0.5, 0.6) is 0 Å². The molecule has 1 aliphatic rings. The molecule has 0 radical (unpaired) electrons. The minimum absolute atomic E-state index is 0.256. The van der Waals surface area contributed by atoms with Crippen LogP contribution in [0.2, 0.25) is 0 Å². The van der Waals surface area contributed by atoms with E-state index in [2.05, 4.69) is 5.10 Å². The second-order valence-electron chi connectivity index (χ2n) is 3.45. The van der Waals surface area contributed by atoms with Crippen LogP contribution in [0.25, 0.3) is 0 Å². The van der Waals surface area contributed by atoms with Crippen molar-refractivity contribution in [2.24, 2.45) is 7.05 Å². The van der Waals surface area contributed by atoms with Crippen molar-refractivity contribution in [1.29, 1.82) is 0 Å². The second kappa shape index (κ2) is 2.90. The van der Waals surface area contributed by atoms with Gasteiger partial charge in [-0.2, -0.15) is 5.10 Å². The van der Waals surface area contributed by atoms with Crippen LogP contribution >= 0.6 is 0 Å². The van der Waals surface area contributed by atoms with Crippen LogP contribution in [0.4, 0.5) is 0 Å². The number of nitrogens with zero attached hydrogens (tertiary/aromatic N) is 2. The first-order valence-electron chi connectivity index (χ1n) is 4.44. The molecule has 66 valence electrons. The fourth-order valence-corrected chi connectivity index (χ4v) is 2.06. The van der Waals surface area contributed by atoms with Gasteiger partial charge in [-0.3, -0.25) is 4.68 Å². The van der Waals surface area contributed by atoms with E-state index in [1.54, 1.807) is 0 Å². The fourth-order valence-electron chi connectivity index (χ4n) is 2.06. The largest absolute Gasteiger partial charge is 0.396 e. The molecule has 3 heteroatoms. The summed E-state index contributed by atoms with van der Waals surface area (Å²) in [4.78, 5) is 0. The molecule has 3 nitrogen and oxygen atoms in total. The maximum absolute atomic E-state index is 9.14. The molecule has 0 bridgehead atoms. The normalized spacial score (nSPS) is 22.3. The van der Waals surface area contributed by atoms with Crippen LogP contribution in [0, 0.1) is 0 Å². The third-order valence-electron chi connectivity index (χ3n) is 2.67. The Morgan fingerprint density at radius 1 is 1.75 bits per heavy atom. The van der Waals surface area contributed by atoms with E-state index in [9.17, 15) is 0 Å². The lowest BCUT2D eigenvalue weighted by molar-refractivity contribution is 0.247. The highest BCUT2D eigenvalue weighted by Crippen LogP contribution is 2.30. The standard InChI is InChI=1S/C9H14N2O/c1-11-9-7(5-10-11)3-2-4-8(9)6-12/h5,8,12H,2-4,6H2,1H3. The van der Waals surface area contributed by atoms with Gasteiger partial charge in [0.15, 0.2) is 0 Å². The average molecular weight is 166 g/mol. The zero-order chi connectivity index (χ0) is 8.55. The number of aliphatic hydroxyl groups is 1. The predicted molar refractivity (Wildman–Crippen MR) is 46.0 cm³/mol. The van der Waals surface area contributed by atoms with Crippen molar-refractivity contribution in [1.82, 2.24) is 9.78 Å². The summed E-state index contributed by atoms with van der Waals surface area (Å²) in [5, 5.41) is 13.3. The van der Waals surface area contributed by atoms with E-state index in [1.165, 1.54) is 17.7 Å². The van der Waals surface area contributed by atoms with Crippen molar-refractivity contribution >= 4 is 0 Å². The zero-order valence-electron chi connectivity index (χ0n) is 7.32. The molecule has 1 atom stereocenters. The molecule has 1 aromatic rings. The molecule has 0 saturated heterocycles. The van der Waals surface area contributed by atoms with E-state index in [0.717, 1.165) is 12.8 Å². The Morgan fingerprint density at radius 3 is 3.33 bits per heavy atom. The van der Waals surface area contributed by atoms with Gasteiger partial charge < -0.3 is 5.11 Å². The summed E-state index contributed by atoms with van der Waals surface area (Å²) in [7, 11) is 1.95. The first-order chi connectivity index (χ1) is 5.83. The van der Waals surface area contributed by atoms with Crippen molar-refractivity contribution in [3.63, 3.8) is 0 Å². The Hall–Kier alpha value is -0.830. The van der Waals surface area contributed by atoms with Gasteiger partial charge in [0.2, 0.25) is 0 Å². The van der Waals surface area contributed by atoms with Crippen molar-refractivity contribution in [2.75, 3.05) is 6.61 Å². The first kappa shape index (κ1) is 7.80. The maximum Gasteiger partial charge on any atom is 0.0524 e. The average Bonchev–Trinajstić information content (AvgIpc) is 2.48. The number of hydrogen-bond donors (Lipinski definition) is 1. The molecular formula is C9H14N2O. The number of aliphatic hydroxyl groups excluding tert-OH is 1. The number of fused-ring (bicyclic) bond motifs is 1. The summed E-state index contributed by atoms with van der Waals surface area (Å²) in [6, 6.07) is 0. The Bertz CT molecular complexity index is 280. The quantitative estimate of drug-likeness (QED) is 0.671. The molecule has 12 heavy (non-hydrogen) atoms. The Kier molecular flexibility index (Phi) is 1.89. The highest BCUT2D eigenvalue weighted by atomic mass is 16.3. The highest BCUT2D eigenvalue weighted by Gasteiger charge is 2.22. The first-order valence-corrected chi connectivity index (χ1v) is 4.44. The lowest BCUT2D eigenvalue weighted by Crippen LogP contribution is -2.15. The number of rotatable bonds is 1. The molecule has 0 fully saturated rings. The molecule has 1 aliphatic carbocycles. The van der Waals surface area contributed by atoms with Crippen molar-refractivity contribution < 1.29 is 5.11 Å². The van der Waals surface area contributed by atoms with E-state index in [0.29, 0.717) is 5.92 Å². The topological polar surface area (TPSA) is 38.0 Å². The third-order valence-corrected chi connectivity index (χ3v) is 2.67.